The Morgan fingerprint density at radius 2 is 1.83 bits per heavy atom. The van der Waals surface area contributed by atoms with Crippen LogP contribution in [0.1, 0.15) is 41.6 Å². The summed E-state index contributed by atoms with van der Waals surface area (Å²) in [6.07, 6.45) is 5.53. The lowest BCUT2D eigenvalue weighted by molar-refractivity contribution is 0.708. The smallest absolute Gasteiger partial charge is 0.193 e. The third kappa shape index (κ3) is 1.76. The maximum atomic E-state index is 12.6. The number of pyridine rings is 1. The van der Waals surface area contributed by atoms with Crippen LogP contribution in [-0.2, 0) is 12.8 Å². The van der Waals surface area contributed by atoms with E-state index in [1.165, 1.54) is 24.1 Å². The minimum atomic E-state index is 0.262. The molecule has 2 aromatic rings. The second-order valence-electron chi connectivity index (χ2n) is 5.48. The zero-order valence-electron chi connectivity index (χ0n) is 11.1. The molecule has 0 saturated heterocycles. The first kappa shape index (κ1) is 11.5. The van der Waals surface area contributed by atoms with E-state index in [2.05, 4.69) is 24.0 Å². The van der Waals surface area contributed by atoms with Gasteiger partial charge in [-0.25, -0.2) is 0 Å². The number of aryl methyl sites for hydroxylation is 3. The number of hydrogen-bond donors (Lipinski definition) is 1. The number of nitrogens with one attached hydrogen (secondary N) is 1. The van der Waals surface area contributed by atoms with Gasteiger partial charge in [0.05, 0.1) is 5.52 Å². The molecule has 1 aromatic heterocycles. The Hall–Kier alpha value is -1.57. The predicted molar refractivity (Wildman–Crippen MR) is 75.3 cm³/mol. The molecule has 0 aliphatic heterocycles. The molecule has 1 aliphatic rings. The van der Waals surface area contributed by atoms with Gasteiger partial charge in [0, 0.05) is 16.6 Å². The maximum absolute atomic E-state index is 12.6. The highest BCUT2D eigenvalue weighted by molar-refractivity contribution is 5.83. The van der Waals surface area contributed by atoms with Crippen LogP contribution in [-0.4, -0.2) is 4.98 Å². The molecule has 0 bridgehead atoms. The zero-order chi connectivity index (χ0) is 12.7. The standard InChI is InChI=1S/C16H19NO/c1-10-8-11(2)15-14(9-10)17-13-7-5-3-4-6-12(13)16(15)18/h8-9H,3-7H2,1-2H3,(H,17,18). The Bertz CT molecular complexity index is 667. The van der Waals surface area contributed by atoms with Gasteiger partial charge in [-0.05, 0) is 56.7 Å². The van der Waals surface area contributed by atoms with Crippen LogP contribution < -0.4 is 5.43 Å². The molecule has 1 aromatic carbocycles. The van der Waals surface area contributed by atoms with E-state index in [-0.39, 0.29) is 5.43 Å². The van der Waals surface area contributed by atoms with Crippen molar-refractivity contribution in [1.82, 2.24) is 4.98 Å². The highest BCUT2D eigenvalue weighted by Crippen LogP contribution is 2.22. The number of rotatable bonds is 0. The van der Waals surface area contributed by atoms with Crippen molar-refractivity contribution in [2.75, 3.05) is 0 Å². The largest absolute Gasteiger partial charge is 0.358 e. The SMILES string of the molecule is Cc1cc(C)c2c(=O)c3c([nH]c2c1)CCCCC3. The lowest BCUT2D eigenvalue weighted by atomic mass is 10.00. The van der Waals surface area contributed by atoms with Gasteiger partial charge in [-0.2, -0.15) is 0 Å². The van der Waals surface area contributed by atoms with Gasteiger partial charge in [0.25, 0.3) is 0 Å². The van der Waals surface area contributed by atoms with Crippen LogP contribution >= 0.6 is 0 Å². The van der Waals surface area contributed by atoms with Gasteiger partial charge >= 0.3 is 0 Å². The summed E-state index contributed by atoms with van der Waals surface area (Å²) in [4.78, 5) is 16.1. The number of aromatic amines is 1. The minimum absolute atomic E-state index is 0.262. The third-order valence-electron chi connectivity index (χ3n) is 3.98. The molecule has 18 heavy (non-hydrogen) atoms. The summed E-state index contributed by atoms with van der Waals surface area (Å²) in [5.41, 5.74) is 5.79. The molecule has 1 aliphatic carbocycles. The molecule has 2 nitrogen and oxygen atoms in total. The van der Waals surface area contributed by atoms with Crippen molar-refractivity contribution in [1.29, 1.82) is 0 Å². The quantitative estimate of drug-likeness (QED) is 0.704. The number of H-pyrrole nitrogens is 1. The molecule has 0 radical (unpaired) electrons. The summed E-state index contributed by atoms with van der Waals surface area (Å²) in [7, 11) is 0. The van der Waals surface area contributed by atoms with E-state index in [0.717, 1.165) is 41.3 Å². The molecule has 1 N–H and O–H groups in total. The number of hydrogen-bond acceptors (Lipinski definition) is 1. The molecule has 0 spiro atoms. The minimum Gasteiger partial charge on any atom is -0.358 e. The van der Waals surface area contributed by atoms with E-state index in [1.54, 1.807) is 0 Å². The predicted octanol–water partition coefficient (Wildman–Crippen LogP) is 3.41. The monoisotopic (exact) mass is 241 g/mol. The first-order valence-electron chi connectivity index (χ1n) is 6.82. The van der Waals surface area contributed by atoms with Crippen LogP contribution in [0.25, 0.3) is 10.9 Å². The van der Waals surface area contributed by atoms with Crippen molar-refractivity contribution in [3.8, 4) is 0 Å². The van der Waals surface area contributed by atoms with Gasteiger partial charge in [-0.1, -0.05) is 12.5 Å². The summed E-state index contributed by atoms with van der Waals surface area (Å²) in [5, 5.41) is 0.890. The molecule has 94 valence electrons. The van der Waals surface area contributed by atoms with Gasteiger partial charge < -0.3 is 4.98 Å². The number of benzene rings is 1. The van der Waals surface area contributed by atoms with Crippen molar-refractivity contribution >= 4 is 10.9 Å². The highest BCUT2D eigenvalue weighted by Gasteiger charge is 2.15. The summed E-state index contributed by atoms with van der Waals surface area (Å²) < 4.78 is 0. The van der Waals surface area contributed by atoms with E-state index >= 15 is 0 Å². The molecule has 0 fully saturated rings. The van der Waals surface area contributed by atoms with Crippen LogP contribution in [0, 0.1) is 13.8 Å². The fraction of sp³-hybridized carbons (Fsp3) is 0.438. The fourth-order valence-corrected chi connectivity index (χ4v) is 3.15. The van der Waals surface area contributed by atoms with Crippen LogP contribution in [0.5, 0.6) is 0 Å². The second-order valence-corrected chi connectivity index (χ2v) is 5.48. The molecule has 3 rings (SSSR count). The normalized spacial score (nSPS) is 15.4. The first-order chi connectivity index (χ1) is 8.66. The first-order valence-corrected chi connectivity index (χ1v) is 6.82. The molecule has 1 heterocycles. The Morgan fingerprint density at radius 3 is 2.67 bits per heavy atom. The summed E-state index contributed by atoms with van der Waals surface area (Å²) in [6.45, 7) is 4.12. The average molecular weight is 241 g/mol. The van der Waals surface area contributed by atoms with Crippen LogP contribution in [0.4, 0.5) is 0 Å². The summed E-state index contributed by atoms with van der Waals surface area (Å²) in [6, 6.07) is 4.19. The Morgan fingerprint density at radius 1 is 1.06 bits per heavy atom. The van der Waals surface area contributed by atoms with E-state index in [4.69, 9.17) is 0 Å². The Labute approximate surface area is 107 Å². The maximum Gasteiger partial charge on any atom is 0.193 e. The molecule has 0 saturated carbocycles. The lowest BCUT2D eigenvalue weighted by Gasteiger charge is -2.10. The number of fused-ring (bicyclic) bond motifs is 2. The van der Waals surface area contributed by atoms with Crippen LogP contribution in [0.15, 0.2) is 16.9 Å². The van der Waals surface area contributed by atoms with E-state index in [9.17, 15) is 4.79 Å². The summed E-state index contributed by atoms with van der Waals surface area (Å²) in [5.74, 6) is 0. The topological polar surface area (TPSA) is 32.9 Å². The average Bonchev–Trinajstić information content (AvgIpc) is 2.53. The van der Waals surface area contributed by atoms with Gasteiger partial charge in [0.2, 0.25) is 0 Å². The number of aromatic nitrogens is 1. The molecular weight excluding hydrogens is 222 g/mol. The summed E-state index contributed by atoms with van der Waals surface area (Å²) >= 11 is 0. The van der Waals surface area contributed by atoms with E-state index in [0.29, 0.717) is 0 Å². The van der Waals surface area contributed by atoms with Crippen molar-refractivity contribution in [2.24, 2.45) is 0 Å². The van der Waals surface area contributed by atoms with Crippen molar-refractivity contribution in [3.05, 3.63) is 44.7 Å². The van der Waals surface area contributed by atoms with Gasteiger partial charge in [-0.15, -0.1) is 0 Å². The molecule has 0 amide bonds. The van der Waals surface area contributed by atoms with Gasteiger partial charge in [0.1, 0.15) is 0 Å². The van der Waals surface area contributed by atoms with Gasteiger partial charge in [0.15, 0.2) is 5.43 Å². The Kier molecular flexibility index (Phi) is 2.73. The van der Waals surface area contributed by atoms with Crippen LogP contribution in [0.3, 0.4) is 0 Å². The van der Waals surface area contributed by atoms with Crippen molar-refractivity contribution < 1.29 is 0 Å². The fourth-order valence-electron chi connectivity index (χ4n) is 3.15. The molecular formula is C16H19NO. The van der Waals surface area contributed by atoms with E-state index < -0.39 is 0 Å². The Balaban J connectivity index is 2.38. The molecule has 0 atom stereocenters. The highest BCUT2D eigenvalue weighted by atomic mass is 16.1. The lowest BCUT2D eigenvalue weighted by Crippen LogP contribution is -2.15. The molecule has 0 unspecified atom stereocenters. The van der Waals surface area contributed by atoms with Crippen molar-refractivity contribution in [2.45, 2.75) is 46.0 Å². The second kappa shape index (κ2) is 4.27. The molecule has 2 heteroatoms. The zero-order valence-corrected chi connectivity index (χ0v) is 11.1. The van der Waals surface area contributed by atoms with Gasteiger partial charge in [-0.3, -0.25) is 4.79 Å². The third-order valence-corrected chi connectivity index (χ3v) is 3.98. The van der Waals surface area contributed by atoms with Crippen molar-refractivity contribution in [3.63, 3.8) is 0 Å². The van der Waals surface area contributed by atoms with E-state index in [1.807, 2.05) is 6.92 Å². The van der Waals surface area contributed by atoms with Crippen LogP contribution in [0.2, 0.25) is 0 Å².